The van der Waals surface area contributed by atoms with Crippen molar-refractivity contribution in [3.05, 3.63) is 23.4 Å². The first-order chi connectivity index (χ1) is 8.14. The maximum absolute atomic E-state index is 9.15. The van der Waals surface area contributed by atoms with Crippen LogP contribution in [0.4, 0.5) is 5.82 Å². The molecule has 0 saturated carbocycles. The van der Waals surface area contributed by atoms with Crippen LogP contribution in [0.15, 0.2) is 12.3 Å². The molecule has 1 atom stereocenters. The van der Waals surface area contributed by atoms with E-state index in [1.54, 1.807) is 6.20 Å². The van der Waals surface area contributed by atoms with E-state index < -0.39 is 0 Å². The van der Waals surface area contributed by atoms with Crippen molar-refractivity contribution in [3.8, 4) is 6.07 Å². The quantitative estimate of drug-likeness (QED) is 0.848. The molecule has 1 fully saturated rings. The van der Waals surface area contributed by atoms with Gasteiger partial charge < -0.3 is 10.1 Å². The van der Waals surface area contributed by atoms with Crippen LogP contribution in [0.3, 0.4) is 0 Å². The summed E-state index contributed by atoms with van der Waals surface area (Å²) in [6.45, 7) is 5.51. The summed E-state index contributed by atoms with van der Waals surface area (Å²) in [6, 6.07) is 4.06. The van der Waals surface area contributed by atoms with Crippen LogP contribution < -0.4 is 5.32 Å². The molecule has 1 aliphatic rings. The zero-order valence-corrected chi connectivity index (χ0v) is 10.3. The molecule has 0 radical (unpaired) electrons. The molecule has 17 heavy (non-hydrogen) atoms. The highest BCUT2D eigenvalue weighted by atomic mass is 16.5. The van der Waals surface area contributed by atoms with Crippen molar-refractivity contribution in [2.75, 3.05) is 18.5 Å². The van der Waals surface area contributed by atoms with Crippen LogP contribution in [-0.4, -0.2) is 23.7 Å². The van der Waals surface area contributed by atoms with Gasteiger partial charge in [-0.2, -0.15) is 5.26 Å². The van der Waals surface area contributed by atoms with E-state index in [4.69, 9.17) is 10.00 Å². The standard InChI is InChI=1S/C13H17N3O/c1-10-4-6-15-12(11(10)8-14)16-13(2)5-3-7-17-9-13/h4,6H,3,5,7,9H2,1-2H3,(H,15,16). The smallest absolute Gasteiger partial charge is 0.144 e. The van der Waals surface area contributed by atoms with E-state index in [9.17, 15) is 0 Å². The van der Waals surface area contributed by atoms with Crippen molar-refractivity contribution in [1.29, 1.82) is 5.26 Å². The summed E-state index contributed by atoms with van der Waals surface area (Å²) < 4.78 is 5.49. The zero-order chi connectivity index (χ0) is 12.3. The fraction of sp³-hybridized carbons (Fsp3) is 0.538. The third-order valence-corrected chi connectivity index (χ3v) is 3.13. The van der Waals surface area contributed by atoms with Crippen LogP contribution in [0.25, 0.3) is 0 Å². The van der Waals surface area contributed by atoms with Gasteiger partial charge in [0.1, 0.15) is 11.9 Å². The first-order valence-corrected chi connectivity index (χ1v) is 5.86. The lowest BCUT2D eigenvalue weighted by atomic mass is 9.94. The summed E-state index contributed by atoms with van der Waals surface area (Å²) in [5, 5.41) is 12.5. The second-order valence-corrected chi connectivity index (χ2v) is 4.81. The minimum Gasteiger partial charge on any atom is -0.379 e. The molecule has 4 heteroatoms. The van der Waals surface area contributed by atoms with Crippen molar-refractivity contribution >= 4 is 5.82 Å². The molecule has 0 amide bonds. The molecule has 4 nitrogen and oxygen atoms in total. The lowest BCUT2D eigenvalue weighted by Crippen LogP contribution is -2.43. The van der Waals surface area contributed by atoms with E-state index in [1.807, 2.05) is 13.0 Å². The second kappa shape index (κ2) is 4.72. The van der Waals surface area contributed by atoms with Gasteiger partial charge in [-0.25, -0.2) is 4.98 Å². The van der Waals surface area contributed by atoms with Crippen LogP contribution in [-0.2, 0) is 4.74 Å². The Morgan fingerprint density at radius 2 is 2.41 bits per heavy atom. The highest BCUT2D eigenvalue weighted by molar-refractivity contribution is 5.56. The highest BCUT2D eigenvalue weighted by Crippen LogP contribution is 2.25. The number of nitrogens with one attached hydrogen (secondary N) is 1. The van der Waals surface area contributed by atoms with E-state index in [1.165, 1.54) is 0 Å². The molecule has 1 saturated heterocycles. The molecule has 0 aromatic carbocycles. The van der Waals surface area contributed by atoms with Crippen LogP contribution in [0.1, 0.15) is 30.9 Å². The highest BCUT2D eigenvalue weighted by Gasteiger charge is 2.28. The maximum Gasteiger partial charge on any atom is 0.144 e. The number of pyridine rings is 1. The molecule has 0 spiro atoms. The fourth-order valence-electron chi connectivity index (χ4n) is 2.11. The Labute approximate surface area is 102 Å². The van der Waals surface area contributed by atoms with Gasteiger partial charge in [0.15, 0.2) is 0 Å². The molecule has 0 aliphatic carbocycles. The van der Waals surface area contributed by atoms with Crippen LogP contribution in [0, 0.1) is 18.3 Å². The van der Waals surface area contributed by atoms with E-state index >= 15 is 0 Å². The third-order valence-electron chi connectivity index (χ3n) is 3.13. The number of nitriles is 1. The summed E-state index contributed by atoms with van der Waals surface area (Å²) in [4.78, 5) is 4.26. The van der Waals surface area contributed by atoms with Crippen LogP contribution in [0.5, 0.6) is 0 Å². The summed E-state index contributed by atoms with van der Waals surface area (Å²) in [5.41, 5.74) is 1.45. The third kappa shape index (κ3) is 2.56. The number of rotatable bonds is 2. The number of hydrogen-bond acceptors (Lipinski definition) is 4. The average Bonchev–Trinajstić information content (AvgIpc) is 2.30. The normalized spacial score (nSPS) is 24.1. The van der Waals surface area contributed by atoms with Gasteiger partial charge in [0, 0.05) is 12.8 Å². The van der Waals surface area contributed by atoms with E-state index in [0.717, 1.165) is 25.0 Å². The SMILES string of the molecule is Cc1ccnc(NC2(C)CCCOC2)c1C#N. The number of ether oxygens (including phenoxy) is 1. The number of anilines is 1. The Hall–Kier alpha value is -1.60. The maximum atomic E-state index is 9.15. The Bertz CT molecular complexity index is 444. The van der Waals surface area contributed by atoms with Crippen molar-refractivity contribution in [3.63, 3.8) is 0 Å². The van der Waals surface area contributed by atoms with Gasteiger partial charge in [0.05, 0.1) is 17.7 Å². The summed E-state index contributed by atoms with van der Waals surface area (Å²) in [5.74, 6) is 0.667. The van der Waals surface area contributed by atoms with Gasteiger partial charge >= 0.3 is 0 Å². The monoisotopic (exact) mass is 231 g/mol. The topological polar surface area (TPSA) is 57.9 Å². The number of nitrogens with zero attached hydrogens (tertiary/aromatic N) is 2. The molecule has 2 rings (SSSR count). The summed E-state index contributed by atoms with van der Waals surface area (Å²) >= 11 is 0. The van der Waals surface area contributed by atoms with E-state index in [0.29, 0.717) is 18.0 Å². The molecule has 0 bridgehead atoms. The van der Waals surface area contributed by atoms with Gasteiger partial charge in [-0.05, 0) is 38.3 Å². The van der Waals surface area contributed by atoms with Gasteiger partial charge in [-0.1, -0.05) is 0 Å². The Balaban J connectivity index is 2.24. The largest absolute Gasteiger partial charge is 0.379 e. The molecule has 1 aromatic heterocycles. The minimum absolute atomic E-state index is 0.120. The van der Waals surface area contributed by atoms with Crippen LogP contribution in [0.2, 0.25) is 0 Å². The summed E-state index contributed by atoms with van der Waals surface area (Å²) in [6.07, 6.45) is 3.80. The van der Waals surface area contributed by atoms with Crippen molar-refractivity contribution in [2.24, 2.45) is 0 Å². The molecule has 1 aliphatic heterocycles. The van der Waals surface area contributed by atoms with Gasteiger partial charge in [-0.15, -0.1) is 0 Å². The van der Waals surface area contributed by atoms with Gasteiger partial charge in [0.25, 0.3) is 0 Å². The van der Waals surface area contributed by atoms with E-state index in [2.05, 4.69) is 23.3 Å². The fourth-order valence-corrected chi connectivity index (χ4v) is 2.11. The Morgan fingerprint density at radius 1 is 1.59 bits per heavy atom. The molecule has 2 heterocycles. The summed E-state index contributed by atoms with van der Waals surface area (Å²) in [7, 11) is 0. The zero-order valence-electron chi connectivity index (χ0n) is 10.3. The minimum atomic E-state index is -0.120. The second-order valence-electron chi connectivity index (χ2n) is 4.81. The van der Waals surface area contributed by atoms with Crippen molar-refractivity contribution in [2.45, 2.75) is 32.2 Å². The molecule has 1 aromatic rings. The number of aromatic nitrogens is 1. The molecular formula is C13H17N3O. The molecule has 1 N–H and O–H groups in total. The molecular weight excluding hydrogens is 214 g/mol. The number of hydrogen-bond donors (Lipinski definition) is 1. The van der Waals surface area contributed by atoms with E-state index in [-0.39, 0.29) is 5.54 Å². The van der Waals surface area contributed by atoms with Gasteiger partial charge in [0.2, 0.25) is 0 Å². The Kier molecular flexibility index (Phi) is 3.30. The predicted octanol–water partition coefficient (Wildman–Crippen LogP) is 2.24. The first-order valence-electron chi connectivity index (χ1n) is 5.86. The first kappa shape index (κ1) is 11.9. The van der Waals surface area contributed by atoms with Gasteiger partial charge in [-0.3, -0.25) is 0 Å². The lowest BCUT2D eigenvalue weighted by Gasteiger charge is -2.35. The Morgan fingerprint density at radius 3 is 3.06 bits per heavy atom. The predicted molar refractivity (Wildman–Crippen MR) is 65.8 cm³/mol. The lowest BCUT2D eigenvalue weighted by molar-refractivity contribution is 0.0539. The molecule has 1 unspecified atom stereocenters. The average molecular weight is 231 g/mol. The number of aryl methyl sites for hydroxylation is 1. The van der Waals surface area contributed by atoms with Crippen molar-refractivity contribution < 1.29 is 4.74 Å². The van der Waals surface area contributed by atoms with Crippen LogP contribution >= 0.6 is 0 Å². The molecule has 90 valence electrons. The van der Waals surface area contributed by atoms with Crippen molar-refractivity contribution in [1.82, 2.24) is 4.98 Å².